The van der Waals surface area contributed by atoms with Gasteiger partial charge >= 0.3 is 0 Å². The van der Waals surface area contributed by atoms with Gasteiger partial charge in [0.1, 0.15) is 11.2 Å². The Bertz CT molecular complexity index is 473. The van der Waals surface area contributed by atoms with Crippen molar-refractivity contribution in [3.63, 3.8) is 0 Å². The van der Waals surface area contributed by atoms with Gasteiger partial charge in [-0.05, 0) is 34.1 Å². The van der Waals surface area contributed by atoms with Crippen LogP contribution in [0, 0.1) is 5.82 Å². The smallest absolute Gasteiger partial charge is 0.165 e. The van der Waals surface area contributed by atoms with E-state index in [1.807, 2.05) is 12.1 Å². The molecule has 1 aromatic carbocycles. The Labute approximate surface area is 101 Å². The topological polar surface area (TPSA) is 22.1 Å². The van der Waals surface area contributed by atoms with Gasteiger partial charge in [0, 0.05) is 11.8 Å². The fourth-order valence-electron chi connectivity index (χ4n) is 1.21. The van der Waals surface area contributed by atoms with Crippen LogP contribution in [-0.2, 0) is 6.61 Å². The first-order valence-electron chi connectivity index (χ1n) is 4.73. The normalized spacial score (nSPS) is 10.1. The molecular formula is C12H9BrFNO. The minimum Gasteiger partial charge on any atom is -0.486 e. The van der Waals surface area contributed by atoms with Crippen molar-refractivity contribution >= 4 is 15.9 Å². The fraction of sp³-hybridized carbons (Fsp3) is 0.0833. The summed E-state index contributed by atoms with van der Waals surface area (Å²) in [5.74, 6) is -0.0991. The van der Waals surface area contributed by atoms with Gasteiger partial charge in [0.15, 0.2) is 11.6 Å². The van der Waals surface area contributed by atoms with Crippen LogP contribution in [0.1, 0.15) is 5.56 Å². The van der Waals surface area contributed by atoms with E-state index in [2.05, 4.69) is 20.9 Å². The molecule has 0 spiro atoms. The number of hydrogen-bond donors (Lipinski definition) is 0. The lowest BCUT2D eigenvalue weighted by atomic mass is 10.3. The predicted octanol–water partition coefficient (Wildman–Crippen LogP) is 3.56. The largest absolute Gasteiger partial charge is 0.486 e. The van der Waals surface area contributed by atoms with Crippen LogP contribution in [0.15, 0.2) is 47.2 Å². The summed E-state index contributed by atoms with van der Waals surface area (Å²) in [5.41, 5.74) is 0.895. The molecule has 82 valence electrons. The Kier molecular flexibility index (Phi) is 3.51. The highest BCUT2D eigenvalue weighted by Crippen LogP contribution is 2.17. The Morgan fingerprint density at radius 2 is 2.00 bits per heavy atom. The van der Waals surface area contributed by atoms with Gasteiger partial charge in [0.2, 0.25) is 0 Å². The zero-order valence-corrected chi connectivity index (χ0v) is 9.95. The summed E-state index contributed by atoms with van der Waals surface area (Å²) in [4.78, 5) is 4.06. The van der Waals surface area contributed by atoms with E-state index in [1.54, 1.807) is 24.4 Å². The molecule has 0 saturated carbocycles. The molecule has 0 radical (unpaired) electrons. The molecule has 0 bridgehead atoms. The summed E-state index contributed by atoms with van der Waals surface area (Å²) in [6.45, 7) is 0.307. The lowest BCUT2D eigenvalue weighted by Gasteiger charge is -2.06. The Morgan fingerprint density at radius 3 is 2.69 bits per heavy atom. The molecule has 0 amide bonds. The van der Waals surface area contributed by atoms with E-state index in [1.165, 1.54) is 6.07 Å². The third-order valence-corrected chi connectivity index (χ3v) is 2.49. The predicted molar refractivity (Wildman–Crippen MR) is 62.7 cm³/mol. The maximum Gasteiger partial charge on any atom is 0.165 e. The van der Waals surface area contributed by atoms with E-state index < -0.39 is 0 Å². The van der Waals surface area contributed by atoms with Crippen molar-refractivity contribution in [2.24, 2.45) is 0 Å². The van der Waals surface area contributed by atoms with Gasteiger partial charge in [0.05, 0.1) is 0 Å². The first kappa shape index (κ1) is 11.1. The van der Waals surface area contributed by atoms with Crippen LogP contribution in [0.25, 0.3) is 0 Å². The van der Waals surface area contributed by atoms with Gasteiger partial charge in [-0.15, -0.1) is 0 Å². The number of pyridine rings is 1. The molecule has 0 N–H and O–H groups in total. The van der Waals surface area contributed by atoms with Crippen molar-refractivity contribution in [1.29, 1.82) is 0 Å². The Morgan fingerprint density at radius 1 is 1.19 bits per heavy atom. The van der Waals surface area contributed by atoms with Gasteiger partial charge in [-0.2, -0.15) is 0 Å². The number of aromatic nitrogens is 1. The molecule has 1 aromatic heterocycles. The monoisotopic (exact) mass is 281 g/mol. The molecule has 16 heavy (non-hydrogen) atoms. The maximum atomic E-state index is 13.2. The number of ether oxygens (including phenoxy) is 1. The van der Waals surface area contributed by atoms with Gasteiger partial charge < -0.3 is 4.74 Å². The van der Waals surface area contributed by atoms with E-state index in [0.29, 0.717) is 6.61 Å². The lowest BCUT2D eigenvalue weighted by Crippen LogP contribution is -1.97. The van der Waals surface area contributed by atoms with Crippen molar-refractivity contribution in [1.82, 2.24) is 4.98 Å². The number of rotatable bonds is 3. The lowest BCUT2D eigenvalue weighted by molar-refractivity contribution is 0.290. The minimum absolute atomic E-state index is 0.255. The molecule has 0 fully saturated rings. The number of halogens is 2. The van der Waals surface area contributed by atoms with Crippen molar-refractivity contribution in [2.75, 3.05) is 0 Å². The van der Waals surface area contributed by atoms with Crippen LogP contribution in [-0.4, -0.2) is 4.98 Å². The van der Waals surface area contributed by atoms with Crippen LogP contribution < -0.4 is 4.74 Å². The fourth-order valence-corrected chi connectivity index (χ4v) is 1.45. The van der Waals surface area contributed by atoms with E-state index in [-0.39, 0.29) is 11.6 Å². The van der Waals surface area contributed by atoms with E-state index in [9.17, 15) is 4.39 Å². The number of hydrogen-bond acceptors (Lipinski definition) is 2. The first-order chi connectivity index (χ1) is 7.75. The summed E-state index contributed by atoms with van der Waals surface area (Å²) in [7, 11) is 0. The summed E-state index contributed by atoms with van der Waals surface area (Å²) < 4.78 is 19.3. The van der Waals surface area contributed by atoms with E-state index in [0.717, 1.165) is 10.2 Å². The third kappa shape index (κ3) is 2.79. The molecule has 2 aromatic rings. The summed E-state index contributed by atoms with van der Waals surface area (Å²) >= 11 is 3.24. The molecule has 0 aliphatic rings. The molecule has 0 saturated heterocycles. The molecular weight excluding hydrogens is 273 g/mol. The van der Waals surface area contributed by atoms with Crippen molar-refractivity contribution < 1.29 is 9.13 Å². The Balaban J connectivity index is 2.02. The third-order valence-electron chi connectivity index (χ3n) is 2.02. The van der Waals surface area contributed by atoms with Gasteiger partial charge in [-0.3, -0.25) is 0 Å². The summed E-state index contributed by atoms with van der Waals surface area (Å²) in [6, 6.07) is 10.0. The second-order valence-electron chi connectivity index (χ2n) is 3.21. The number of nitrogens with zero attached hydrogens (tertiary/aromatic N) is 1. The van der Waals surface area contributed by atoms with Gasteiger partial charge in [-0.1, -0.05) is 18.2 Å². The van der Waals surface area contributed by atoms with E-state index in [4.69, 9.17) is 4.74 Å². The Hall–Kier alpha value is -1.42. The quantitative estimate of drug-likeness (QED) is 0.803. The summed E-state index contributed by atoms with van der Waals surface area (Å²) in [5, 5.41) is 0. The second-order valence-corrected chi connectivity index (χ2v) is 4.02. The van der Waals surface area contributed by atoms with Crippen LogP contribution in [0.3, 0.4) is 0 Å². The SMILES string of the molecule is Fc1ccccc1OCc1ccc(Br)nc1. The van der Waals surface area contributed by atoms with Crippen molar-refractivity contribution in [3.05, 3.63) is 58.6 Å². The molecule has 2 nitrogen and oxygen atoms in total. The first-order valence-corrected chi connectivity index (χ1v) is 5.53. The highest BCUT2D eigenvalue weighted by molar-refractivity contribution is 9.10. The van der Waals surface area contributed by atoms with Crippen molar-refractivity contribution in [3.8, 4) is 5.75 Å². The zero-order valence-electron chi connectivity index (χ0n) is 8.36. The minimum atomic E-state index is -0.354. The molecule has 1 heterocycles. The molecule has 0 aliphatic carbocycles. The number of benzene rings is 1. The standard InChI is InChI=1S/C12H9BrFNO/c13-12-6-5-9(7-15-12)8-16-11-4-2-1-3-10(11)14/h1-7H,8H2. The van der Waals surface area contributed by atoms with Crippen LogP contribution in [0.2, 0.25) is 0 Å². The van der Waals surface area contributed by atoms with Crippen LogP contribution in [0.5, 0.6) is 5.75 Å². The molecule has 0 unspecified atom stereocenters. The average Bonchev–Trinajstić information content (AvgIpc) is 2.30. The van der Waals surface area contributed by atoms with Crippen LogP contribution in [0.4, 0.5) is 4.39 Å². The average molecular weight is 282 g/mol. The van der Waals surface area contributed by atoms with Gasteiger partial charge in [-0.25, -0.2) is 9.37 Å². The highest BCUT2D eigenvalue weighted by atomic mass is 79.9. The summed E-state index contributed by atoms with van der Waals surface area (Å²) in [6.07, 6.45) is 1.69. The molecule has 4 heteroatoms. The zero-order chi connectivity index (χ0) is 11.4. The molecule has 0 atom stereocenters. The van der Waals surface area contributed by atoms with E-state index >= 15 is 0 Å². The maximum absolute atomic E-state index is 13.2. The van der Waals surface area contributed by atoms with Crippen molar-refractivity contribution in [2.45, 2.75) is 6.61 Å². The molecule has 0 aliphatic heterocycles. The molecule has 2 rings (SSSR count). The van der Waals surface area contributed by atoms with Crippen LogP contribution >= 0.6 is 15.9 Å². The number of para-hydroxylation sites is 1. The highest BCUT2D eigenvalue weighted by Gasteiger charge is 2.01. The van der Waals surface area contributed by atoms with Gasteiger partial charge in [0.25, 0.3) is 0 Å². The second kappa shape index (κ2) is 5.07.